The van der Waals surface area contributed by atoms with Crippen molar-refractivity contribution >= 4 is 57.5 Å². The van der Waals surface area contributed by atoms with Crippen LogP contribution in [0.1, 0.15) is 15.9 Å². The van der Waals surface area contributed by atoms with Crippen molar-refractivity contribution in [1.29, 1.82) is 0 Å². The third-order valence-corrected chi connectivity index (χ3v) is 5.10. The monoisotopic (exact) mass is 506 g/mol. The molecule has 3 aromatic carbocycles. The molecule has 3 rings (SSSR count). The molecule has 0 aromatic heterocycles. The first kappa shape index (κ1) is 25.1. The average molecular weight is 507 g/mol. The summed E-state index contributed by atoms with van der Waals surface area (Å²) in [5.41, 5.74) is 1.01. The smallest absolute Gasteiger partial charge is 0.341 e. The molecule has 0 atom stereocenters. The van der Waals surface area contributed by atoms with Crippen LogP contribution >= 0.6 is 23.2 Å². The second kappa shape index (κ2) is 11.1. The lowest BCUT2D eigenvalue weighted by atomic mass is 10.1. The number of ether oxygens (including phenoxy) is 2. The number of carbonyl (C=O) groups excluding carboxylic acids is 1. The Balaban J connectivity index is 1.82. The summed E-state index contributed by atoms with van der Waals surface area (Å²) in [7, 11) is 1.76. The molecule has 0 heterocycles. The minimum Gasteiger partial charge on any atom is -0.483 e. The van der Waals surface area contributed by atoms with Crippen molar-refractivity contribution in [3.05, 3.63) is 63.6 Å². The molecule has 0 bridgehead atoms. The van der Waals surface area contributed by atoms with Crippen LogP contribution in [0.4, 0.5) is 5.69 Å². The fourth-order valence-corrected chi connectivity index (χ4v) is 3.80. The first-order valence-electron chi connectivity index (χ1n) is 9.88. The van der Waals surface area contributed by atoms with Crippen LogP contribution in [-0.4, -0.2) is 48.3 Å². The van der Waals surface area contributed by atoms with E-state index in [1.165, 1.54) is 18.2 Å². The molecule has 11 heteroatoms. The SMILES string of the molecule is CNCc1ccc(NC(=O)COc2cc(C(=O)O)cc3cc(Cl)cc(Cl)c23)c(OCC(=O)O)c1. The lowest BCUT2D eigenvalue weighted by molar-refractivity contribution is -0.139. The van der Waals surface area contributed by atoms with Crippen LogP contribution < -0.4 is 20.1 Å². The third-order valence-electron chi connectivity index (χ3n) is 4.59. The van der Waals surface area contributed by atoms with Crippen LogP contribution in [0.5, 0.6) is 11.5 Å². The Morgan fingerprint density at radius 3 is 2.35 bits per heavy atom. The second-order valence-corrected chi connectivity index (χ2v) is 7.99. The number of fused-ring (bicyclic) bond motifs is 1. The first-order chi connectivity index (χ1) is 16.2. The predicted octanol–water partition coefficient (Wildman–Crippen LogP) is 4.05. The molecule has 178 valence electrons. The van der Waals surface area contributed by atoms with E-state index in [-0.39, 0.29) is 27.8 Å². The number of aliphatic carboxylic acids is 1. The van der Waals surface area contributed by atoms with Gasteiger partial charge in [-0.25, -0.2) is 9.59 Å². The molecule has 0 aliphatic carbocycles. The van der Waals surface area contributed by atoms with Crippen molar-refractivity contribution < 1.29 is 34.1 Å². The summed E-state index contributed by atoms with van der Waals surface area (Å²) in [4.78, 5) is 35.0. The molecule has 0 radical (unpaired) electrons. The highest BCUT2D eigenvalue weighted by Gasteiger charge is 2.16. The predicted molar refractivity (Wildman–Crippen MR) is 127 cm³/mol. The summed E-state index contributed by atoms with van der Waals surface area (Å²) in [5, 5.41) is 25.3. The number of halogens is 2. The summed E-state index contributed by atoms with van der Waals surface area (Å²) >= 11 is 12.3. The van der Waals surface area contributed by atoms with E-state index in [2.05, 4.69) is 10.6 Å². The maximum atomic E-state index is 12.6. The van der Waals surface area contributed by atoms with Gasteiger partial charge in [0.1, 0.15) is 11.5 Å². The topological polar surface area (TPSA) is 134 Å². The lowest BCUT2D eigenvalue weighted by Crippen LogP contribution is -2.21. The number of aromatic carboxylic acids is 1. The summed E-state index contributed by atoms with van der Waals surface area (Å²) in [5.74, 6) is -2.66. The molecule has 0 fully saturated rings. The van der Waals surface area contributed by atoms with Crippen LogP contribution in [0.2, 0.25) is 10.0 Å². The Bertz CT molecular complexity index is 1260. The Labute approximate surface area is 204 Å². The molecule has 0 aliphatic heterocycles. The van der Waals surface area contributed by atoms with Crippen molar-refractivity contribution in [3.8, 4) is 11.5 Å². The number of rotatable bonds is 10. The molecule has 0 unspecified atom stereocenters. The van der Waals surface area contributed by atoms with E-state index >= 15 is 0 Å². The maximum absolute atomic E-state index is 12.6. The van der Waals surface area contributed by atoms with Gasteiger partial charge in [-0.3, -0.25) is 4.79 Å². The van der Waals surface area contributed by atoms with E-state index in [9.17, 15) is 19.5 Å². The number of anilines is 1. The summed E-state index contributed by atoms with van der Waals surface area (Å²) in [6, 6.07) is 10.6. The molecule has 9 nitrogen and oxygen atoms in total. The van der Waals surface area contributed by atoms with Gasteiger partial charge in [-0.2, -0.15) is 0 Å². The number of carbonyl (C=O) groups is 3. The van der Waals surface area contributed by atoms with Crippen molar-refractivity contribution in [3.63, 3.8) is 0 Å². The van der Waals surface area contributed by atoms with Gasteiger partial charge in [0, 0.05) is 17.0 Å². The molecule has 0 spiro atoms. The number of amides is 1. The van der Waals surface area contributed by atoms with Gasteiger partial charge in [0.15, 0.2) is 13.2 Å². The number of benzene rings is 3. The van der Waals surface area contributed by atoms with E-state index in [4.69, 9.17) is 37.8 Å². The fraction of sp³-hybridized carbons (Fsp3) is 0.174. The summed E-state index contributed by atoms with van der Waals surface area (Å²) in [6.45, 7) is -0.552. The van der Waals surface area contributed by atoms with Gasteiger partial charge in [-0.05, 0) is 54.4 Å². The Morgan fingerprint density at radius 2 is 1.68 bits per heavy atom. The fourth-order valence-electron chi connectivity index (χ4n) is 3.20. The molecule has 3 aromatic rings. The van der Waals surface area contributed by atoms with Crippen LogP contribution in [0.25, 0.3) is 10.8 Å². The number of hydrogen-bond acceptors (Lipinski definition) is 6. The highest BCUT2D eigenvalue weighted by Crippen LogP contribution is 2.36. The molecule has 34 heavy (non-hydrogen) atoms. The molecular formula is C23H20Cl2N2O7. The molecular weight excluding hydrogens is 487 g/mol. The summed E-state index contributed by atoms with van der Waals surface area (Å²) in [6.07, 6.45) is 0. The molecule has 0 saturated heterocycles. The van der Waals surface area contributed by atoms with Crippen molar-refractivity contribution in [2.45, 2.75) is 6.54 Å². The number of nitrogens with one attached hydrogen (secondary N) is 2. The standard InChI is InChI=1S/C23H20Cl2N2O7/c1-26-9-12-2-3-17(18(4-12)34-11-21(29)30)27-20(28)10-33-19-7-14(23(31)32)5-13-6-15(24)8-16(25)22(13)19/h2-8,26H,9-11H2,1H3,(H,27,28)(H,29,30)(H,31,32). The quantitative estimate of drug-likeness (QED) is 0.323. The molecule has 4 N–H and O–H groups in total. The second-order valence-electron chi connectivity index (χ2n) is 7.15. The van der Waals surface area contributed by atoms with Gasteiger partial charge in [0.25, 0.3) is 5.91 Å². The normalized spacial score (nSPS) is 10.7. The number of carboxylic acids is 2. The van der Waals surface area contributed by atoms with Gasteiger partial charge in [-0.1, -0.05) is 29.3 Å². The molecule has 1 amide bonds. The van der Waals surface area contributed by atoms with Crippen LogP contribution in [0.3, 0.4) is 0 Å². The van der Waals surface area contributed by atoms with Crippen LogP contribution in [-0.2, 0) is 16.1 Å². The Kier molecular flexibility index (Phi) is 8.17. The maximum Gasteiger partial charge on any atom is 0.341 e. The van der Waals surface area contributed by atoms with Crippen LogP contribution in [0, 0.1) is 0 Å². The lowest BCUT2D eigenvalue weighted by Gasteiger charge is -2.15. The average Bonchev–Trinajstić information content (AvgIpc) is 2.76. The zero-order valence-corrected chi connectivity index (χ0v) is 19.4. The van der Waals surface area contributed by atoms with E-state index in [1.807, 2.05) is 0 Å². The third kappa shape index (κ3) is 6.28. The summed E-state index contributed by atoms with van der Waals surface area (Å²) < 4.78 is 10.9. The first-order valence-corrected chi connectivity index (χ1v) is 10.6. The Morgan fingerprint density at radius 1 is 0.941 bits per heavy atom. The zero-order chi connectivity index (χ0) is 24.8. The molecule has 0 aliphatic rings. The molecule has 0 saturated carbocycles. The van der Waals surface area contributed by atoms with E-state index in [1.54, 1.807) is 31.3 Å². The van der Waals surface area contributed by atoms with Gasteiger partial charge in [0.2, 0.25) is 0 Å². The number of carboxylic acid groups (broad SMARTS) is 2. The van der Waals surface area contributed by atoms with Gasteiger partial charge in [-0.15, -0.1) is 0 Å². The van der Waals surface area contributed by atoms with E-state index in [0.29, 0.717) is 22.3 Å². The van der Waals surface area contributed by atoms with E-state index in [0.717, 1.165) is 5.56 Å². The van der Waals surface area contributed by atoms with Gasteiger partial charge < -0.3 is 30.3 Å². The zero-order valence-electron chi connectivity index (χ0n) is 17.9. The largest absolute Gasteiger partial charge is 0.483 e. The van der Waals surface area contributed by atoms with E-state index < -0.39 is 31.1 Å². The highest BCUT2D eigenvalue weighted by atomic mass is 35.5. The minimum atomic E-state index is -1.19. The van der Waals surface area contributed by atoms with Crippen molar-refractivity contribution in [2.75, 3.05) is 25.6 Å². The Hall–Kier alpha value is -3.53. The van der Waals surface area contributed by atoms with Crippen molar-refractivity contribution in [2.24, 2.45) is 0 Å². The number of hydrogen-bond donors (Lipinski definition) is 4. The van der Waals surface area contributed by atoms with Gasteiger partial charge >= 0.3 is 11.9 Å². The van der Waals surface area contributed by atoms with Crippen LogP contribution in [0.15, 0.2) is 42.5 Å². The highest BCUT2D eigenvalue weighted by molar-refractivity contribution is 6.39. The van der Waals surface area contributed by atoms with Gasteiger partial charge in [0.05, 0.1) is 16.3 Å². The minimum absolute atomic E-state index is 0.0641. The van der Waals surface area contributed by atoms with Crippen molar-refractivity contribution in [1.82, 2.24) is 5.32 Å².